The number of nitrogens with zero attached hydrogens (tertiary/aromatic N) is 1. The Bertz CT molecular complexity index is 591. The Morgan fingerprint density at radius 2 is 2.14 bits per heavy atom. The number of hydrogen-bond donors (Lipinski definition) is 2. The maximum atomic E-state index is 12.3. The predicted molar refractivity (Wildman–Crippen MR) is 86.3 cm³/mol. The first kappa shape index (κ1) is 17.0. The Balaban J connectivity index is 3.18. The molecule has 1 rings (SSSR count). The van der Waals surface area contributed by atoms with Gasteiger partial charge in [-0.3, -0.25) is 9.36 Å². The van der Waals surface area contributed by atoms with Crippen LogP contribution in [0.3, 0.4) is 0 Å². The van der Waals surface area contributed by atoms with E-state index < -0.39 is 0 Å². The van der Waals surface area contributed by atoms with Gasteiger partial charge >= 0.3 is 5.69 Å². The van der Waals surface area contributed by atoms with Gasteiger partial charge in [0.2, 0.25) is 0 Å². The molecule has 1 amide bonds. The molecule has 0 radical (unpaired) electrons. The highest BCUT2D eigenvalue weighted by Gasteiger charge is 2.21. The largest absolute Gasteiger partial charge is 0.352 e. The molecule has 1 aromatic rings. The van der Waals surface area contributed by atoms with Crippen molar-refractivity contribution in [1.82, 2.24) is 14.9 Å². The van der Waals surface area contributed by atoms with Crippen LogP contribution >= 0.6 is 0 Å². The summed E-state index contributed by atoms with van der Waals surface area (Å²) in [5.41, 5.74) is 1.82. The average molecular weight is 291 g/mol. The van der Waals surface area contributed by atoms with Crippen LogP contribution in [-0.2, 0) is 11.2 Å². The van der Waals surface area contributed by atoms with E-state index in [0.29, 0.717) is 30.7 Å². The lowest BCUT2D eigenvalue weighted by Gasteiger charge is -2.12. The lowest BCUT2D eigenvalue weighted by atomic mass is 10.1. The van der Waals surface area contributed by atoms with Crippen molar-refractivity contribution in [2.45, 2.75) is 46.6 Å². The average Bonchev–Trinajstić information content (AvgIpc) is 2.76. The van der Waals surface area contributed by atoms with Crippen molar-refractivity contribution >= 4 is 11.5 Å². The monoisotopic (exact) mass is 291 g/mol. The number of amides is 1. The van der Waals surface area contributed by atoms with Crippen molar-refractivity contribution < 1.29 is 4.79 Å². The first-order valence-corrected chi connectivity index (χ1v) is 7.37. The van der Waals surface area contributed by atoms with Gasteiger partial charge < -0.3 is 10.3 Å². The molecule has 5 nitrogen and oxygen atoms in total. The Morgan fingerprint density at radius 1 is 1.48 bits per heavy atom. The fourth-order valence-electron chi connectivity index (χ4n) is 2.37. The summed E-state index contributed by atoms with van der Waals surface area (Å²) in [5, 5.41) is 2.83. The van der Waals surface area contributed by atoms with Gasteiger partial charge in [0.15, 0.2) is 0 Å². The van der Waals surface area contributed by atoms with Crippen LogP contribution in [0.2, 0.25) is 0 Å². The van der Waals surface area contributed by atoms with Crippen LogP contribution in [0.1, 0.15) is 51.5 Å². The van der Waals surface area contributed by atoms with Crippen molar-refractivity contribution in [3.8, 4) is 0 Å². The maximum Gasteiger partial charge on any atom is 0.326 e. The summed E-state index contributed by atoms with van der Waals surface area (Å²) in [7, 11) is 0. The van der Waals surface area contributed by atoms with Gasteiger partial charge in [0.05, 0.1) is 11.3 Å². The highest BCUT2D eigenvalue weighted by atomic mass is 16.2. The Kier molecular flexibility index (Phi) is 6.21. The summed E-state index contributed by atoms with van der Waals surface area (Å²) in [6.45, 7) is 11.9. The zero-order valence-electron chi connectivity index (χ0n) is 13.3. The van der Waals surface area contributed by atoms with Crippen molar-refractivity contribution in [2.75, 3.05) is 6.54 Å². The minimum atomic E-state index is -0.175. The van der Waals surface area contributed by atoms with Crippen molar-refractivity contribution in [2.24, 2.45) is 0 Å². The van der Waals surface area contributed by atoms with Gasteiger partial charge in [-0.25, -0.2) is 4.79 Å². The lowest BCUT2D eigenvalue weighted by Crippen LogP contribution is -2.25. The lowest BCUT2D eigenvalue weighted by molar-refractivity contribution is -0.115. The summed E-state index contributed by atoms with van der Waals surface area (Å²) >= 11 is 0. The van der Waals surface area contributed by atoms with Gasteiger partial charge in [-0.15, -0.1) is 6.58 Å². The van der Waals surface area contributed by atoms with Gasteiger partial charge in [0.25, 0.3) is 5.91 Å². The molecule has 0 atom stereocenters. The molecule has 0 aliphatic heterocycles. The topological polar surface area (TPSA) is 66.9 Å². The Hall–Kier alpha value is -2.04. The van der Waals surface area contributed by atoms with Crippen molar-refractivity contribution in [3.05, 3.63) is 40.6 Å². The number of carbonyl (C=O) groups excluding carboxylic acids is 1. The van der Waals surface area contributed by atoms with Gasteiger partial charge in [-0.05, 0) is 33.6 Å². The standard InChI is InChI=1S/C16H25N3O2/c1-6-9-10-17-15(20)12(7-2)14-13(8-3)19(11(4)5)16(21)18-14/h6-7,11H,1,8-10H2,2-5H3,(H,17,20)(H,18,21)/b12-7+. The summed E-state index contributed by atoms with van der Waals surface area (Å²) < 4.78 is 1.70. The molecule has 1 heterocycles. The highest BCUT2D eigenvalue weighted by Crippen LogP contribution is 2.19. The van der Waals surface area contributed by atoms with E-state index in [1.807, 2.05) is 20.8 Å². The summed E-state index contributed by atoms with van der Waals surface area (Å²) in [5.74, 6) is -0.175. The van der Waals surface area contributed by atoms with E-state index >= 15 is 0 Å². The molecule has 0 saturated heterocycles. The van der Waals surface area contributed by atoms with Crippen LogP contribution in [0.15, 0.2) is 23.5 Å². The number of aromatic nitrogens is 2. The number of hydrogen-bond acceptors (Lipinski definition) is 2. The minimum Gasteiger partial charge on any atom is -0.352 e. The van der Waals surface area contributed by atoms with E-state index in [0.717, 1.165) is 5.69 Å². The predicted octanol–water partition coefficient (Wildman–Crippen LogP) is 2.42. The van der Waals surface area contributed by atoms with E-state index in [2.05, 4.69) is 16.9 Å². The minimum absolute atomic E-state index is 0.0550. The number of imidazole rings is 1. The molecule has 2 N–H and O–H groups in total. The van der Waals surface area contributed by atoms with Gasteiger partial charge in [0, 0.05) is 18.3 Å². The molecule has 0 spiro atoms. The number of carbonyl (C=O) groups is 1. The molecule has 116 valence electrons. The maximum absolute atomic E-state index is 12.3. The molecule has 0 unspecified atom stereocenters. The van der Waals surface area contributed by atoms with Gasteiger partial charge in [0.1, 0.15) is 0 Å². The second-order valence-electron chi connectivity index (χ2n) is 5.10. The first-order chi connectivity index (χ1) is 9.97. The van der Waals surface area contributed by atoms with Gasteiger partial charge in [-0.1, -0.05) is 19.1 Å². The molecule has 0 fully saturated rings. The molecule has 0 bridgehead atoms. The van der Waals surface area contributed by atoms with Crippen LogP contribution in [0.25, 0.3) is 5.57 Å². The Labute approximate surface area is 125 Å². The van der Waals surface area contributed by atoms with E-state index in [-0.39, 0.29) is 17.6 Å². The van der Waals surface area contributed by atoms with Crippen LogP contribution in [0.4, 0.5) is 0 Å². The molecule has 0 aromatic carbocycles. The highest BCUT2D eigenvalue weighted by molar-refractivity contribution is 6.19. The number of nitrogens with one attached hydrogen (secondary N) is 2. The molecule has 5 heteroatoms. The van der Waals surface area contributed by atoms with Crippen LogP contribution in [-0.4, -0.2) is 22.0 Å². The first-order valence-electron chi connectivity index (χ1n) is 7.37. The third-order valence-corrected chi connectivity index (χ3v) is 3.32. The summed E-state index contributed by atoms with van der Waals surface area (Å²) in [4.78, 5) is 27.2. The van der Waals surface area contributed by atoms with E-state index in [1.165, 1.54) is 0 Å². The third-order valence-electron chi connectivity index (χ3n) is 3.32. The smallest absolute Gasteiger partial charge is 0.326 e. The van der Waals surface area contributed by atoms with Crippen LogP contribution < -0.4 is 11.0 Å². The van der Waals surface area contributed by atoms with Crippen molar-refractivity contribution in [1.29, 1.82) is 0 Å². The second-order valence-corrected chi connectivity index (χ2v) is 5.10. The normalized spacial score (nSPS) is 11.8. The molecular formula is C16H25N3O2. The van der Waals surface area contributed by atoms with Crippen molar-refractivity contribution in [3.63, 3.8) is 0 Å². The molecule has 21 heavy (non-hydrogen) atoms. The summed E-state index contributed by atoms with van der Waals surface area (Å²) in [6, 6.07) is 0.0550. The van der Waals surface area contributed by atoms with Crippen LogP contribution in [0.5, 0.6) is 0 Å². The molecule has 1 aromatic heterocycles. The molecule has 0 aliphatic carbocycles. The molecule has 0 aliphatic rings. The zero-order valence-corrected chi connectivity index (χ0v) is 13.3. The number of allylic oxidation sites excluding steroid dienone is 1. The third kappa shape index (κ3) is 3.74. The number of rotatable bonds is 7. The SMILES string of the molecule is C=CCCNC(=O)/C(=C/C)c1[nH]c(=O)n(C(C)C)c1CC. The second kappa shape index (κ2) is 7.67. The van der Waals surface area contributed by atoms with Gasteiger partial charge in [-0.2, -0.15) is 0 Å². The van der Waals surface area contributed by atoms with E-state index in [1.54, 1.807) is 23.6 Å². The van der Waals surface area contributed by atoms with E-state index in [4.69, 9.17) is 0 Å². The quantitative estimate of drug-likeness (QED) is 0.460. The number of aromatic amines is 1. The van der Waals surface area contributed by atoms with E-state index in [9.17, 15) is 9.59 Å². The molecular weight excluding hydrogens is 266 g/mol. The fraction of sp³-hybridized carbons (Fsp3) is 0.500. The van der Waals surface area contributed by atoms with Crippen LogP contribution in [0, 0.1) is 0 Å². The Morgan fingerprint density at radius 3 is 2.62 bits per heavy atom. The fourth-order valence-corrected chi connectivity index (χ4v) is 2.37. The zero-order chi connectivity index (χ0) is 16.0. The summed E-state index contributed by atoms with van der Waals surface area (Å²) in [6.07, 6.45) is 4.89. The number of H-pyrrole nitrogens is 1. The molecule has 0 saturated carbocycles.